The molecule has 0 unspecified atom stereocenters. The normalized spacial score (nSPS) is 10.7. The molecule has 4 aromatic rings. The minimum atomic E-state index is -0.443. The number of hydrogen-bond donors (Lipinski definition) is 1. The quantitative estimate of drug-likeness (QED) is 0.360. The summed E-state index contributed by atoms with van der Waals surface area (Å²) >= 11 is 0. The van der Waals surface area contributed by atoms with Crippen molar-refractivity contribution in [3.05, 3.63) is 112 Å². The van der Waals surface area contributed by atoms with Crippen molar-refractivity contribution in [2.24, 2.45) is 5.10 Å². The van der Waals surface area contributed by atoms with Gasteiger partial charge in [-0.05, 0) is 24.1 Å². The highest BCUT2D eigenvalue weighted by Crippen LogP contribution is 2.13. The van der Waals surface area contributed by atoms with Crippen LogP contribution in [0.1, 0.15) is 28.5 Å². The van der Waals surface area contributed by atoms with Gasteiger partial charge in [-0.1, -0.05) is 78.9 Å². The molecule has 0 spiro atoms. The first kappa shape index (κ1) is 21.2. The Morgan fingerprint density at radius 1 is 0.844 bits per heavy atom. The van der Waals surface area contributed by atoms with Crippen molar-refractivity contribution < 1.29 is 4.79 Å². The lowest BCUT2D eigenvalue weighted by atomic mass is 10.0. The number of hydrazone groups is 1. The zero-order valence-electron chi connectivity index (χ0n) is 17.9. The molecule has 1 heterocycles. The minimum Gasteiger partial charge on any atom is -0.267 e. The SMILES string of the molecule is CCn1nc(C(=O)NN=C(Cc2ccccc2)Cc2ccccc2)c2ccccc2c1=O. The summed E-state index contributed by atoms with van der Waals surface area (Å²) in [7, 11) is 0. The minimum absolute atomic E-state index is 0.185. The Labute approximate surface area is 186 Å². The molecule has 0 saturated carbocycles. The molecule has 1 amide bonds. The van der Waals surface area contributed by atoms with Crippen LogP contribution >= 0.6 is 0 Å². The predicted molar refractivity (Wildman–Crippen MR) is 127 cm³/mol. The summed E-state index contributed by atoms with van der Waals surface area (Å²) in [6.45, 7) is 2.20. The highest BCUT2D eigenvalue weighted by Gasteiger charge is 2.16. The van der Waals surface area contributed by atoms with Crippen LogP contribution in [0, 0.1) is 0 Å². The van der Waals surface area contributed by atoms with E-state index in [0.29, 0.717) is 30.2 Å². The topological polar surface area (TPSA) is 76.3 Å². The summed E-state index contributed by atoms with van der Waals surface area (Å²) in [5, 5.41) is 9.73. The van der Waals surface area contributed by atoms with E-state index in [2.05, 4.69) is 15.6 Å². The van der Waals surface area contributed by atoms with Crippen molar-refractivity contribution in [2.45, 2.75) is 26.3 Å². The molecular weight excluding hydrogens is 400 g/mol. The summed E-state index contributed by atoms with van der Waals surface area (Å²) < 4.78 is 1.30. The van der Waals surface area contributed by atoms with Crippen LogP contribution in [0.25, 0.3) is 10.8 Å². The third kappa shape index (κ3) is 4.81. The van der Waals surface area contributed by atoms with Crippen LogP contribution in [0.5, 0.6) is 0 Å². The van der Waals surface area contributed by atoms with Crippen LogP contribution in [-0.4, -0.2) is 21.4 Å². The summed E-state index contributed by atoms with van der Waals surface area (Å²) in [5.41, 5.74) is 5.69. The van der Waals surface area contributed by atoms with Gasteiger partial charge in [-0.15, -0.1) is 0 Å². The molecule has 1 N–H and O–H groups in total. The first-order valence-electron chi connectivity index (χ1n) is 10.6. The molecule has 6 nitrogen and oxygen atoms in total. The van der Waals surface area contributed by atoms with E-state index in [-0.39, 0.29) is 11.3 Å². The molecule has 3 aromatic carbocycles. The fourth-order valence-corrected chi connectivity index (χ4v) is 3.60. The Balaban J connectivity index is 1.65. The second-order valence-electron chi connectivity index (χ2n) is 7.46. The van der Waals surface area contributed by atoms with Crippen LogP contribution in [0.2, 0.25) is 0 Å². The Bertz CT molecular complexity index is 1270. The number of rotatable bonds is 7. The van der Waals surface area contributed by atoms with E-state index in [0.717, 1.165) is 16.8 Å². The summed E-state index contributed by atoms with van der Waals surface area (Å²) in [6.07, 6.45) is 1.22. The van der Waals surface area contributed by atoms with E-state index < -0.39 is 5.91 Å². The molecule has 0 saturated heterocycles. The molecule has 6 heteroatoms. The van der Waals surface area contributed by atoms with E-state index >= 15 is 0 Å². The molecule has 160 valence electrons. The van der Waals surface area contributed by atoms with Crippen molar-refractivity contribution in [1.29, 1.82) is 0 Å². The number of amides is 1. The molecule has 0 aliphatic heterocycles. The van der Waals surface area contributed by atoms with E-state index in [1.807, 2.05) is 67.6 Å². The number of aryl methyl sites for hydroxylation is 1. The largest absolute Gasteiger partial charge is 0.292 e. The van der Waals surface area contributed by atoms with Gasteiger partial charge in [-0.25, -0.2) is 10.1 Å². The summed E-state index contributed by atoms with van der Waals surface area (Å²) in [4.78, 5) is 25.6. The zero-order chi connectivity index (χ0) is 22.3. The number of carbonyl (C=O) groups is 1. The number of fused-ring (bicyclic) bond motifs is 1. The van der Waals surface area contributed by atoms with Crippen LogP contribution < -0.4 is 11.0 Å². The number of hydrogen-bond acceptors (Lipinski definition) is 4. The van der Waals surface area contributed by atoms with Gasteiger partial charge in [0.1, 0.15) is 0 Å². The predicted octanol–water partition coefficient (Wildman–Crippen LogP) is 3.99. The maximum atomic E-state index is 13.1. The van der Waals surface area contributed by atoms with Gasteiger partial charge < -0.3 is 0 Å². The molecule has 0 fully saturated rings. The van der Waals surface area contributed by atoms with Gasteiger partial charge in [0.05, 0.1) is 5.39 Å². The number of nitrogens with one attached hydrogen (secondary N) is 1. The fraction of sp³-hybridized carbons (Fsp3) is 0.154. The number of carbonyl (C=O) groups excluding carboxylic acids is 1. The molecule has 32 heavy (non-hydrogen) atoms. The standard InChI is InChI=1S/C26H24N4O2/c1-2-30-26(32)23-16-10-9-15-22(23)24(29-30)25(31)28-27-21(17-19-11-5-3-6-12-19)18-20-13-7-4-8-14-20/h3-16H,2,17-18H2,1H3,(H,28,31). The second kappa shape index (κ2) is 9.83. The van der Waals surface area contributed by atoms with Crippen LogP contribution in [0.4, 0.5) is 0 Å². The Kier molecular flexibility index (Phi) is 6.51. The third-order valence-electron chi connectivity index (χ3n) is 5.20. The molecule has 0 atom stereocenters. The third-order valence-corrected chi connectivity index (χ3v) is 5.20. The molecule has 1 aromatic heterocycles. The number of aromatic nitrogens is 2. The summed E-state index contributed by atoms with van der Waals surface area (Å²) in [5.74, 6) is -0.443. The van der Waals surface area contributed by atoms with Crippen molar-refractivity contribution in [2.75, 3.05) is 0 Å². The smallest absolute Gasteiger partial charge is 0.267 e. The number of nitrogens with zero attached hydrogens (tertiary/aromatic N) is 3. The summed E-state index contributed by atoms with van der Waals surface area (Å²) in [6, 6.07) is 27.0. The Morgan fingerprint density at radius 3 is 1.94 bits per heavy atom. The number of benzene rings is 3. The maximum absolute atomic E-state index is 13.1. The van der Waals surface area contributed by atoms with Gasteiger partial charge in [0, 0.05) is 30.5 Å². The lowest BCUT2D eigenvalue weighted by Crippen LogP contribution is -2.29. The van der Waals surface area contributed by atoms with Crippen LogP contribution in [0.15, 0.2) is 94.8 Å². The van der Waals surface area contributed by atoms with Gasteiger partial charge >= 0.3 is 0 Å². The van der Waals surface area contributed by atoms with Crippen molar-refractivity contribution in [3.8, 4) is 0 Å². The lowest BCUT2D eigenvalue weighted by Gasteiger charge is -2.10. The van der Waals surface area contributed by atoms with Gasteiger partial charge in [-0.3, -0.25) is 9.59 Å². The fourth-order valence-electron chi connectivity index (χ4n) is 3.60. The van der Waals surface area contributed by atoms with Crippen molar-refractivity contribution in [1.82, 2.24) is 15.2 Å². The van der Waals surface area contributed by atoms with E-state index in [1.54, 1.807) is 24.3 Å². The second-order valence-corrected chi connectivity index (χ2v) is 7.46. The average Bonchev–Trinajstić information content (AvgIpc) is 2.84. The van der Waals surface area contributed by atoms with Crippen molar-refractivity contribution >= 4 is 22.4 Å². The van der Waals surface area contributed by atoms with Crippen LogP contribution in [0.3, 0.4) is 0 Å². The zero-order valence-corrected chi connectivity index (χ0v) is 17.9. The van der Waals surface area contributed by atoms with Gasteiger partial charge in [0.2, 0.25) is 0 Å². The molecule has 0 aliphatic carbocycles. The monoisotopic (exact) mass is 424 g/mol. The van der Waals surface area contributed by atoms with Gasteiger partial charge in [-0.2, -0.15) is 10.2 Å². The Hall–Kier alpha value is -4.06. The van der Waals surface area contributed by atoms with Gasteiger partial charge in [0.15, 0.2) is 5.69 Å². The average molecular weight is 425 g/mol. The molecule has 4 rings (SSSR count). The molecular formula is C26H24N4O2. The van der Waals surface area contributed by atoms with Crippen LogP contribution in [-0.2, 0) is 19.4 Å². The first-order chi connectivity index (χ1) is 15.7. The molecule has 0 radical (unpaired) electrons. The highest BCUT2D eigenvalue weighted by molar-refractivity contribution is 6.05. The van der Waals surface area contributed by atoms with E-state index in [4.69, 9.17) is 0 Å². The van der Waals surface area contributed by atoms with Gasteiger partial charge in [0.25, 0.3) is 11.5 Å². The first-order valence-corrected chi connectivity index (χ1v) is 10.6. The van der Waals surface area contributed by atoms with E-state index in [1.165, 1.54) is 4.68 Å². The Morgan fingerprint density at radius 2 is 1.38 bits per heavy atom. The highest BCUT2D eigenvalue weighted by atomic mass is 16.2. The molecule has 0 aliphatic rings. The molecule has 0 bridgehead atoms. The lowest BCUT2D eigenvalue weighted by molar-refractivity contribution is 0.0949. The maximum Gasteiger partial charge on any atom is 0.292 e. The van der Waals surface area contributed by atoms with Crippen molar-refractivity contribution in [3.63, 3.8) is 0 Å². The van der Waals surface area contributed by atoms with E-state index in [9.17, 15) is 9.59 Å².